The van der Waals surface area contributed by atoms with Crippen LogP contribution in [0.3, 0.4) is 0 Å². The van der Waals surface area contributed by atoms with E-state index in [1.54, 1.807) is 0 Å². The van der Waals surface area contributed by atoms with E-state index in [0.29, 0.717) is 0 Å². The lowest BCUT2D eigenvalue weighted by Gasteiger charge is -2.24. The molecule has 0 aromatic carbocycles. The van der Waals surface area contributed by atoms with Crippen LogP contribution in [-0.4, -0.2) is 50.5 Å². The van der Waals surface area contributed by atoms with Gasteiger partial charge in [-0.2, -0.15) is 0 Å². The Morgan fingerprint density at radius 2 is 2.08 bits per heavy atom. The molecule has 142 valence electrons. The molecule has 1 unspecified atom stereocenters. The maximum Gasteiger partial charge on any atom is 0.191 e. The lowest BCUT2D eigenvalue weighted by Crippen LogP contribution is -2.39. The second kappa shape index (κ2) is 12.3. The molecule has 0 amide bonds. The fraction of sp³-hybridized carbons (Fsp3) is 0.944. The molecule has 24 heavy (non-hydrogen) atoms. The molecule has 6 heteroatoms. The number of guanidine groups is 1. The zero-order valence-electron chi connectivity index (χ0n) is 15.2. The number of aliphatic imine (C=N–C) groups is 1. The van der Waals surface area contributed by atoms with Gasteiger partial charge < -0.3 is 20.5 Å². The monoisotopic (exact) mass is 453 g/mol. The molecule has 2 fully saturated rings. The summed E-state index contributed by atoms with van der Waals surface area (Å²) in [6, 6.07) is 0. The van der Waals surface area contributed by atoms with Crippen molar-refractivity contribution in [1.82, 2.24) is 10.6 Å². The average Bonchev–Trinajstić information content (AvgIpc) is 3.22. The fourth-order valence-corrected chi connectivity index (χ4v) is 3.77. The van der Waals surface area contributed by atoms with E-state index in [-0.39, 0.29) is 36.0 Å². The first-order valence-electron chi connectivity index (χ1n) is 9.49. The van der Waals surface area contributed by atoms with E-state index in [4.69, 9.17) is 9.73 Å². The zero-order valence-corrected chi connectivity index (χ0v) is 17.5. The molecular formula is C18H36IN3O2. The minimum absolute atomic E-state index is 0. The van der Waals surface area contributed by atoms with Gasteiger partial charge >= 0.3 is 0 Å². The Morgan fingerprint density at radius 3 is 2.71 bits per heavy atom. The smallest absolute Gasteiger partial charge is 0.191 e. The standard InChI is InChI=1S/C18H35N3O2.HI/c1-2-19-17(20-11-5-8-16-6-3-4-7-16)21-14-18(9-12-22)10-13-23-15-18;/h16,22H,2-15H2,1H3,(H2,19,20,21);1H. The number of rotatable bonds is 9. The molecule has 1 saturated heterocycles. The first kappa shape index (κ1) is 22.0. The van der Waals surface area contributed by atoms with Crippen LogP contribution in [0.4, 0.5) is 0 Å². The molecular weight excluding hydrogens is 417 g/mol. The topological polar surface area (TPSA) is 65.9 Å². The third-order valence-electron chi connectivity index (χ3n) is 5.30. The number of hydrogen-bond donors (Lipinski definition) is 3. The summed E-state index contributed by atoms with van der Waals surface area (Å²) in [5.41, 5.74) is 0.0287. The van der Waals surface area contributed by atoms with Gasteiger partial charge in [-0.05, 0) is 38.5 Å². The average molecular weight is 453 g/mol. The van der Waals surface area contributed by atoms with Gasteiger partial charge in [0.1, 0.15) is 0 Å². The van der Waals surface area contributed by atoms with Gasteiger partial charge in [0.2, 0.25) is 0 Å². The van der Waals surface area contributed by atoms with E-state index in [0.717, 1.165) is 57.6 Å². The summed E-state index contributed by atoms with van der Waals surface area (Å²) in [5.74, 6) is 1.86. The van der Waals surface area contributed by atoms with Crippen molar-refractivity contribution in [3.8, 4) is 0 Å². The van der Waals surface area contributed by atoms with Crippen molar-refractivity contribution in [3.05, 3.63) is 0 Å². The molecule has 0 bridgehead atoms. The molecule has 0 aromatic rings. The van der Waals surface area contributed by atoms with Crippen LogP contribution in [0.1, 0.15) is 58.3 Å². The van der Waals surface area contributed by atoms with Crippen molar-refractivity contribution in [2.75, 3.05) is 39.5 Å². The summed E-state index contributed by atoms with van der Waals surface area (Å²) in [5, 5.41) is 16.1. The third kappa shape index (κ3) is 7.44. The summed E-state index contributed by atoms with van der Waals surface area (Å²) in [6.45, 7) is 6.41. The van der Waals surface area contributed by atoms with Crippen LogP contribution in [-0.2, 0) is 4.74 Å². The lowest BCUT2D eigenvalue weighted by atomic mass is 9.84. The molecule has 2 rings (SSSR count). The molecule has 3 N–H and O–H groups in total. The predicted octanol–water partition coefficient (Wildman–Crippen LogP) is 2.92. The van der Waals surface area contributed by atoms with Crippen molar-refractivity contribution < 1.29 is 9.84 Å². The number of ether oxygens (including phenoxy) is 1. The molecule has 1 heterocycles. The molecule has 2 aliphatic rings. The fourth-order valence-electron chi connectivity index (χ4n) is 3.77. The van der Waals surface area contributed by atoms with Crippen molar-refractivity contribution in [1.29, 1.82) is 0 Å². The van der Waals surface area contributed by atoms with E-state index in [1.165, 1.54) is 38.5 Å². The summed E-state index contributed by atoms with van der Waals surface area (Å²) in [6.07, 6.45) is 10.1. The van der Waals surface area contributed by atoms with Gasteiger partial charge in [0.15, 0.2) is 5.96 Å². The summed E-state index contributed by atoms with van der Waals surface area (Å²) in [7, 11) is 0. The molecule has 5 nitrogen and oxygen atoms in total. The minimum atomic E-state index is 0. The zero-order chi connectivity index (χ0) is 16.4. The van der Waals surface area contributed by atoms with Gasteiger partial charge in [0, 0.05) is 31.7 Å². The second-order valence-electron chi connectivity index (χ2n) is 7.19. The van der Waals surface area contributed by atoms with Crippen molar-refractivity contribution in [2.24, 2.45) is 16.3 Å². The Balaban J connectivity index is 0.00000288. The Kier molecular flexibility index (Phi) is 11.3. The largest absolute Gasteiger partial charge is 0.396 e. The van der Waals surface area contributed by atoms with Gasteiger partial charge in [-0.3, -0.25) is 4.99 Å². The summed E-state index contributed by atoms with van der Waals surface area (Å²) in [4.78, 5) is 4.76. The highest BCUT2D eigenvalue weighted by atomic mass is 127. The lowest BCUT2D eigenvalue weighted by molar-refractivity contribution is 0.131. The number of hydrogen-bond acceptors (Lipinski definition) is 3. The van der Waals surface area contributed by atoms with E-state index in [9.17, 15) is 5.11 Å². The van der Waals surface area contributed by atoms with Crippen LogP contribution in [0.5, 0.6) is 0 Å². The maximum absolute atomic E-state index is 9.30. The second-order valence-corrected chi connectivity index (χ2v) is 7.19. The van der Waals surface area contributed by atoms with Crippen LogP contribution in [0.25, 0.3) is 0 Å². The molecule has 1 aliphatic heterocycles. The van der Waals surface area contributed by atoms with Gasteiger partial charge in [0.25, 0.3) is 0 Å². The summed E-state index contributed by atoms with van der Waals surface area (Å²) < 4.78 is 5.54. The normalized spacial score (nSPS) is 24.8. The Labute approximate surface area is 164 Å². The number of aliphatic hydroxyl groups is 1. The van der Waals surface area contributed by atoms with Crippen molar-refractivity contribution >= 4 is 29.9 Å². The van der Waals surface area contributed by atoms with Crippen molar-refractivity contribution in [3.63, 3.8) is 0 Å². The highest BCUT2D eigenvalue weighted by Gasteiger charge is 2.34. The number of nitrogens with one attached hydrogen (secondary N) is 2. The van der Waals surface area contributed by atoms with Gasteiger partial charge in [0.05, 0.1) is 13.2 Å². The molecule has 1 atom stereocenters. The van der Waals surface area contributed by atoms with Crippen LogP contribution in [0.15, 0.2) is 4.99 Å². The molecule has 0 aromatic heterocycles. The molecule has 1 aliphatic carbocycles. The van der Waals surface area contributed by atoms with Gasteiger partial charge in [-0.1, -0.05) is 25.7 Å². The highest BCUT2D eigenvalue weighted by Crippen LogP contribution is 2.32. The number of aliphatic hydroxyl groups excluding tert-OH is 1. The Hall–Kier alpha value is -0.0800. The quantitative estimate of drug-likeness (QED) is 0.218. The van der Waals surface area contributed by atoms with E-state index >= 15 is 0 Å². The van der Waals surface area contributed by atoms with E-state index < -0.39 is 0 Å². The summed E-state index contributed by atoms with van der Waals surface area (Å²) >= 11 is 0. The number of nitrogens with zero attached hydrogens (tertiary/aromatic N) is 1. The Bertz CT molecular complexity index is 354. The third-order valence-corrected chi connectivity index (χ3v) is 5.30. The molecule has 0 spiro atoms. The first-order chi connectivity index (χ1) is 11.3. The van der Waals surface area contributed by atoms with E-state index in [1.807, 2.05) is 0 Å². The Morgan fingerprint density at radius 1 is 1.29 bits per heavy atom. The van der Waals surface area contributed by atoms with Gasteiger partial charge in [-0.25, -0.2) is 0 Å². The number of halogens is 1. The van der Waals surface area contributed by atoms with Gasteiger partial charge in [-0.15, -0.1) is 24.0 Å². The van der Waals surface area contributed by atoms with Crippen LogP contribution < -0.4 is 10.6 Å². The van der Waals surface area contributed by atoms with Crippen molar-refractivity contribution in [2.45, 2.75) is 58.3 Å². The SMILES string of the molecule is CCNC(=NCC1(CCO)CCOC1)NCCCC1CCCC1.I. The first-order valence-corrected chi connectivity index (χ1v) is 9.49. The van der Waals surface area contributed by atoms with Crippen LogP contribution in [0, 0.1) is 11.3 Å². The maximum atomic E-state index is 9.30. The minimum Gasteiger partial charge on any atom is -0.396 e. The predicted molar refractivity (Wildman–Crippen MR) is 110 cm³/mol. The molecule has 1 saturated carbocycles. The highest BCUT2D eigenvalue weighted by molar-refractivity contribution is 14.0. The van der Waals surface area contributed by atoms with Crippen LogP contribution >= 0.6 is 24.0 Å². The van der Waals surface area contributed by atoms with E-state index in [2.05, 4.69) is 17.6 Å². The molecule has 0 radical (unpaired) electrons. The van der Waals surface area contributed by atoms with Crippen LogP contribution in [0.2, 0.25) is 0 Å².